The molecule has 2 aliphatic heterocycles. The minimum absolute atomic E-state index is 0.124. The van der Waals surface area contributed by atoms with Crippen LogP contribution in [0.4, 0.5) is 10.5 Å². The fraction of sp³-hybridized carbons (Fsp3) is 0.300. The largest absolute Gasteiger partial charge is 0.351 e. The van der Waals surface area contributed by atoms with E-state index in [0.29, 0.717) is 13.0 Å². The van der Waals surface area contributed by atoms with E-state index in [4.69, 9.17) is 5.73 Å². The van der Waals surface area contributed by atoms with Gasteiger partial charge in [-0.05, 0) is 29.7 Å². The Kier molecular flexibility index (Phi) is 4.26. The molecule has 1 saturated heterocycles. The molecular formula is C20H21N5O3. The number of likely N-dealkylation sites (tertiary alicyclic amines) is 1. The standard InChI is InChI=1S/C20H21N5O3/c1-24(19(21)28)12-16(26)25-10-8-20(17(25)13-5-4-9-22-11-13)14-6-2-3-7-15(14)23-18(20)27/h2-7,9,11,17H,8,10,12H2,1H3,(H2,21,28)(H,23,27). The Morgan fingerprint density at radius 2 is 2.11 bits per heavy atom. The second-order valence-corrected chi connectivity index (χ2v) is 7.19. The van der Waals surface area contributed by atoms with Crippen LogP contribution in [0.2, 0.25) is 0 Å². The van der Waals surface area contributed by atoms with Gasteiger partial charge >= 0.3 is 6.03 Å². The van der Waals surface area contributed by atoms with Crippen LogP contribution >= 0.6 is 0 Å². The molecular weight excluding hydrogens is 358 g/mol. The smallest absolute Gasteiger partial charge is 0.314 e. The highest BCUT2D eigenvalue weighted by Gasteiger charge is 2.59. The quantitative estimate of drug-likeness (QED) is 0.837. The Balaban J connectivity index is 1.80. The number of nitrogens with two attached hydrogens (primary N) is 1. The summed E-state index contributed by atoms with van der Waals surface area (Å²) >= 11 is 0. The molecule has 1 aromatic heterocycles. The molecule has 8 nitrogen and oxygen atoms in total. The van der Waals surface area contributed by atoms with Crippen molar-refractivity contribution in [1.29, 1.82) is 0 Å². The van der Waals surface area contributed by atoms with E-state index >= 15 is 0 Å². The maximum atomic E-state index is 13.2. The third-order valence-electron chi connectivity index (χ3n) is 5.66. The Bertz CT molecular complexity index is 948. The van der Waals surface area contributed by atoms with Gasteiger partial charge in [0.05, 0.1) is 6.04 Å². The van der Waals surface area contributed by atoms with Crippen LogP contribution in [-0.2, 0) is 15.0 Å². The zero-order valence-corrected chi connectivity index (χ0v) is 15.5. The Morgan fingerprint density at radius 1 is 1.32 bits per heavy atom. The third-order valence-corrected chi connectivity index (χ3v) is 5.66. The first-order valence-corrected chi connectivity index (χ1v) is 9.06. The summed E-state index contributed by atoms with van der Waals surface area (Å²) in [5.74, 6) is -0.384. The van der Waals surface area contributed by atoms with Gasteiger partial charge in [-0.3, -0.25) is 14.6 Å². The molecule has 2 aromatic rings. The van der Waals surface area contributed by atoms with Crippen LogP contribution in [0.3, 0.4) is 0 Å². The number of urea groups is 1. The lowest BCUT2D eigenvalue weighted by Crippen LogP contribution is -2.46. The van der Waals surface area contributed by atoms with Gasteiger partial charge in [0, 0.05) is 31.7 Å². The van der Waals surface area contributed by atoms with Crippen LogP contribution < -0.4 is 11.1 Å². The van der Waals surface area contributed by atoms with Gasteiger partial charge < -0.3 is 20.9 Å². The molecule has 28 heavy (non-hydrogen) atoms. The van der Waals surface area contributed by atoms with E-state index in [2.05, 4.69) is 10.3 Å². The molecule has 0 bridgehead atoms. The number of pyridine rings is 1. The molecule has 1 aromatic carbocycles. The van der Waals surface area contributed by atoms with Crippen LogP contribution in [0.5, 0.6) is 0 Å². The van der Waals surface area contributed by atoms with Crippen molar-refractivity contribution in [1.82, 2.24) is 14.8 Å². The van der Waals surface area contributed by atoms with Crippen molar-refractivity contribution >= 4 is 23.5 Å². The van der Waals surface area contributed by atoms with Crippen LogP contribution in [0.15, 0.2) is 48.8 Å². The molecule has 0 aliphatic carbocycles. The van der Waals surface area contributed by atoms with Crippen LogP contribution in [-0.4, -0.2) is 52.8 Å². The van der Waals surface area contributed by atoms with Gasteiger partial charge in [-0.25, -0.2) is 4.79 Å². The highest BCUT2D eigenvalue weighted by atomic mass is 16.2. The van der Waals surface area contributed by atoms with Crippen molar-refractivity contribution in [3.8, 4) is 0 Å². The molecule has 2 unspecified atom stereocenters. The zero-order chi connectivity index (χ0) is 19.9. The number of para-hydroxylation sites is 1. The molecule has 1 spiro atoms. The van der Waals surface area contributed by atoms with E-state index in [1.54, 1.807) is 23.4 Å². The molecule has 144 valence electrons. The molecule has 1 fully saturated rings. The van der Waals surface area contributed by atoms with Crippen molar-refractivity contribution in [2.24, 2.45) is 5.73 Å². The van der Waals surface area contributed by atoms with Crippen molar-refractivity contribution in [3.05, 3.63) is 59.9 Å². The minimum atomic E-state index is -0.888. The first kappa shape index (κ1) is 18.0. The van der Waals surface area contributed by atoms with E-state index in [1.807, 2.05) is 30.3 Å². The van der Waals surface area contributed by atoms with E-state index in [9.17, 15) is 14.4 Å². The van der Waals surface area contributed by atoms with Crippen LogP contribution in [0.1, 0.15) is 23.6 Å². The van der Waals surface area contributed by atoms with Gasteiger partial charge in [0.1, 0.15) is 12.0 Å². The van der Waals surface area contributed by atoms with Gasteiger partial charge in [-0.1, -0.05) is 24.3 Å². The van der Waals surface area contributed by atoms with Crippen LogP contribution in [0.25, 0.3) is 0 Å². The number of aromatic nitrogens is 1. The molecule has 0 saturated carbocycles. The van der Waals surface area contributed by atoms with E-state index in [1.165, 1.54) is 7.05 Å². The second-order valence-electron chi connectivity index (χ2n) is 7.19. The SMILES string of the molecule is CN(CC(=O)N1CCC2(C(=O)Nc3ccccc32)C1c1cccnc1)C(N)=O. The summed E-state index contributed by atoms with van der Waals surface area (Å²) in [6.07, 6.45) is 3.83. The summed E-state index contributed by atoms with van der Waals surface area (Å²) in [5, 5.41) is 2.97. The molecule has 8 heteroatoms. The van der Waals surface area contributed by atoms with E-state index in [-0.39, 0.29) is 18.4 Å². The number of nitrogens with zero attached hydrogens (tertiary/aromatic N) is 3. The summed E-state index contributed by atoms with van der Waals surface area (Å²) in [4.78, 5) is 44.6. The number of nitrogens with one attached hydrogen (secondary N) is 1. The first-order chi connectivity index (χ1) is 13.4. The number of hydrogen-bond acceptors (Lipinski definition) is 4. The second kappa shape index (κ2) is 6.63. The maximum absolute atomic E-state index is 13.2. The lowest BCUT2D eigenvalue weighted by atomic mass is 9.73. The highest BCUT2D eigenvalue weighted by Crippen LogP contribution is 2.54. The summed E-state index contributed by atoms with van der Waals surface area (Å²) in [7, 11) is 1.47. The molecule has 2 aliphatic rings. The Morgan fingerprint density at radius 3 is 2.82 bits per heavy atom. The number of primary amides is 1. The lowest BCUT2D eigenvalue weighted by molar-refractivity contribution is -0.133. The van der Waals surface area contributed by atoms with Gasteiger partial charge in [0.15, 0.2) is 0 Å². The average molecular weight is 379 g/mol. The number of rotatable bonds is 3. The summed E-state index contributed by atoms with van der Waals surface area (Å²) in [6.45, 7) is 0.248. The molecule has 4 amide bonds. The Labute approximate surface area is 162 Å². The summed E-state index contributed by atoms with van der Waals surface area (Å²) in [6, 6.07) is 10.0. The van der Waals surface area contributed by atoms with Gasteiger partial charge in [0.25, 0.3) is 0 Å². The normalized spacial score (nSPS) is 22.8. The predicted molar refractivity (Wildman–Crippen MR) is 102 cm³/mol. The number of benzene rings is 1. The zero-order valence-electron chi connectivity index (χ0n) is 15.5. The number of anilines is 1. The molecule has 4 rings (SSSR count). The number of hydrogen-bond donors (Lipinski definition) is 2. The fourth-order valence-electron chi connectivity index (χ4n) is 4.33. The third kappa shape index (κ3) is 2.60. The van der Waals surface area contributed by atoms with E-state index < -0.39 is 17.5 Å². The molecule has 0 radical (unpaired) electrons. The van der Waals surface area contributed by atoms with Crippen molar-refractivity contribution in [2.45, 2.75) is 17.9 Å². The van der Waals surface area contributed by atoms with Gasteiger partial charge in [0.2, 0.25) is 11.8 Å². The van der Waals surface area contributed by atoms with Crippen molar-refractivity contribution < 1.29 is 14.4 Å². The fourth-order valence-corrected chi connectivity index (χ4v) is 4.33. The summed E-state index contributed by atoms with van der Waals surface area (Å²) < 4.78 is 0. The van der Waals surface area contributed by atoms with E-state index in [0.717, 1.165) is 21.7 Å². The number of likely N-dealkylation sites (N-methyl/N-ethyl adjacent to an activating group) is 1. The molecule has 3 heterocycles. The number of carbonyl (C=O) groups is 3. The molecule has 3 N–H and O–H groups in total. The average Bonchev–Trinajstić information content (AvgIpc) is 3.22. The van der Waals surface area contributed by atoms with Gasteiger partial charge in [-0.15, -0.1) is 0 Å². The predicted octanol–water partition coefficient (Wildman–Crippen LogP) is 1.26. The Hall–Kier alpha value is -3.42. The lowest BCUT2D eigenvalue weighted by Gasteiger charge is -2.34. The maximum Gasteiger partial charge on any atom is 0.314 e. The highest BCUT2D eigenvalue weighted by molar-refractivity contribution is 6.07. The van der Waals surface area contributed by atoms with Crippen molar-refractivity contribution in [3.63, 3.8) is 0 Å². The molecule has 2 atom stereocenters. The first-order valence-electron chi connectivity index (χ1n) is 9.06. The number of amides is 4. The summed E-state index contributed by atoms with van der Waals surface area (Å²) in [5.41, 5.74) is 6.81. The van der Waals surface area contributed by atoms with Gasteiger partial charge in [-0.2, -0.15) is 0 Å². The monoisotopic (exact) mass is 379 g/mol. The number of fused-ring (bicyclic) bond motifs is 2. The van der Waals surface area contributed by atoms with Crippen LogP contribution in [0, 0.1) is 0 Å². The van der Waals surface area contributed by atoms with Crippen molar-refractivity contribution in [2.75, 3.05) is 25.5 Å². The number of carbonyl (C=O) groups excluding carboxylic acids is 3. The minimum Gasteiger partial charge on any atom is -0.351 e. The topological polar surface area (TPSA) is 109 Å².